The molecule has 0 aliphatic heterocycles. The van der Waals surface area contributed by atoms with Crippen molar-refractivity contribution in [3.8, 4) is 0 Å². The van der Waals surface area contributed by atoms with Crippen LogP contribution in [0.2, 0.25) is 0 Å². The van der Waals surface area contributed by atoms with E-state index in [1.807, 2.05) is 19.2 Å². The first-order valence-electron chi connectivity index (χ1n) is 5.48. The van der Waals surface area contributed by atoms with E-state index in [1.54, 1.807) is 24.5 Å². The highest BCUT2D eigenvalue weighted by molar-refractivity contribution is 5.21. The van der Waals surface area contributed by atoms with E-state index < -0.39 is 0 Å². The van der Waals surface area contributed by atoms with Crippen LogP contribution in [-0.4, -0.2) is 17.2 Å². The Labute approximate surface area is 99.7 Å². The van der Waals surface area contributed by atoms with Gasteiger partial charge < -0.3 is 5.32 Å². The molecule has 0 saturated heterocycles. The Morgan fingerprint density at radius 1 is 1.29 bits per heavy atom. The van der Waals surface area contributed by atoms with Crippen molar-refractivity contribution in [2.24, 2.45) is 0 Å². The Hall–Kier alpha value is -1.81. The molecule has 0 amide bonds. The summed E-state index contributed by atoms with van der Waals surface area (Å²) in [6.45, 7) is 0. The van der Waals surface area contributed by atoms with Crippen molar-refractivity contribution in [2.75, 3.05) is 7.05 Å². The van der Waals surface area contributed by atoms with E-state index in [-0.39, 0.29) is 11.9 Å². The molecule has 0 radical (unpaired) electrons. The number of likely N-dealkylation sites (N-methyl/N-ethyl adjacent to an activating group) is 1. The van der Waals surface area contributed by atoms with Gasteiger partial charge in [0.25, 0.3) is 0 Å². The van der Waals surface area contributed by atoms with E-state index in [1.165, 1.54) is 6.07 Å². The molecule has 88 valence electrons. The first-order chi connectivity index (χ1) is 8.29. The van der Waals surface area contributed by atoms with Gasteiger partial charge in [-0.2, -0.15) is 10.2 Å². The number of halogens is 1. The van der Waals surface area contributed by atoms with Crippen molar-refractivity contribution in [1.29, 1.82) is 0 Å². The highest BCUT2D eigenvalue weighted by Crippen LogP contribution is 2.17. The van der Waals surface area contributed by atoms with Crippen LogP contribution in [0.25, 0.3) is 0 Å². The number of rotatable bonds is 4. The van der Waals surface area contributed by atoms with Gasteiger partial charge in [-0.1, -0.05) is 12.1 Å². The van der Waals surface area contributed by atoms with Crippen LogP contribution >= 0.6 is 0 Å². The normalized spacial score (nSPS) is 12.4. The van der Waals surface area contributed by atoms with Crippen LogP contribution in [0.1, 0.15) is 17.2 Å². The fourth-order valence-electron chi connectivity index (χ4n) is 1.79. The summed E-state index contributed by atoms with van der Waals surface area (Å²) in [5, 5.41) is 10.8. The van der Waals surface area contributed by atoms with Crippen molar-refractivity contribution in [1.82, 2.24) is 15.5 Å². The lowest BCUT2D eigenvalue weighted by atomic mass is 10.0. The van der Waals surface area contributed by atoms with Crippen LogP contribution in [-0.2, 0) is 6.42 Å². The van der Waals surface area contributed by atoms with Gasteiger partial charge in [0.05, 0.1) is 6.20 Å². The van der Waals surface area contributed by atoms with Crippen LogP contribution in [0.4, 0.5) is 4.39 Å². The predicted octanol–water partition coefficient (Wildman–Crippen LogP) is 2.12. The quantitative estimate of drug-likeness (QED) is 0.875. The van der Waals surface area contributed by atoms with Crippen molar-refractivity contribution < 1.29 is 4.39 Å². The SMILES string of the molecule is CNC(Cc1cccc(F)c1)c1ccnnc1. The van der Waals surface area contributed by atoms with Crippen LogP contribution in [0.5, 0.6) is 0 Å². The maximum absolute atomic E-state index is 13.1. The molecule has 1 unspecified atom stereocenters. The average molecular weight is 231 g/mol. The van der Waals surface area contributed by atoms with Crippen LogP contribution in [0.15, 0.2) is 42.7 Å². The van der Waals surface area contributed by atoms with E-state index >= 15 is 0 Å². The Bertz CT molecular complexity index is 473. The van der Waals surface area contributed by atoms with E-state index in [0.29, 0.717) is 0 Å². The van der Waals surface area contributed by atoms with E-state index in [0.717, 1.165) is 17.5 Å². The topological polar surface area (TPSA) is 37.8 Å². The fraction of sp³-hybridized carbons (Fsp3) is 0.231. The molecule has 2 aromatic rings. The van der Waals surface area contributed by atoms with Gasteiger partial charge in [-0.3, -0.25) is 0 Å². The second kappa shape index (κ2) is 5.50. The van der Waals surface area contributed by atoms with E-state index in [9.17, 15) is 4.39 Å². The number of aromatic nitrogens is 2. The van der Waals surface area contributed by atoms with Crippen molar-refractivity contribution in [3.05, 3.63) is 59.7 Å². The maximum Gasteiger partial charge on any atom is 0.123 e. The molecule has 17 heavy (non-hydrogen) atoms. The third-order valence-electron chi connectivity index (χ3n) is 2.69. The molecule has 1 atom stereocenters. The fourth-order valence-corrected chi connectivity index (χ4v) is 1.79. The Morgan fingerprint density at radius 2 is 2.18 bits per heavy atom. The lowest BCUT2D eigenvalue weighted by Crippen LogP contribution is -2.19. The van der Waals surface area contributed by atoms with Gasteiger partial charge in [0.2, 0.25) is 0 Å². The van der Waals surface area contributed by atoms with Crippen LogP contribution in [0, 0.1) is 5.82 Å². The standard InChI is InChI=1S/C13H14FN3/c1-15-13(11-5-6-16-17-9-11)8-10-3-2-4-12(14)7-10/h2-7,9,13,15H,8H2,1H3. The van der Waals surface area contributed by atoms with Crippen molar-refractivity contribution in [3.63, 3.8) is 0 Å². The third kappa shape index (κ3) is 3.07. The van der Waals surface area contributed by atoms with Gasteiger partial charge >= 0.3 is 0 Å². The number of nitrogens with one attached hydrogen (secondary N) is 1. The summed E-state index contributed by atoms with van der Waals surface area (Å²) in [5.41, 5.74) is 2.01. The van der Waals surface area contributed by atoms with Gasteiger partial charge in [-0.25, -0.2) is 4.39 Å². The monoisotopic (exact) mass is 231 g/mol. The summed E-state index contributed by atoms with van der Waals surface area (Å²) in [7, 11) is 1.88. The molecule has 1 aromatic heterocycles. The Kier molecular flexibility index (Phi) is 3.77. The number of hydrogen-bond acceptors (Lipinski definition) is 3. The van der Waals surface area contributed by atoms with Gasteiger partial charge in [0.15, 0.2) is 0 Å². The van der Waals surface area contributed by atoms with E-state index in [4.69, 9.17) is 0 Å². The van der Waals surface area contributed by atoms with Gasteiger partial charge in [-0.05, 0) is 42.8 Å². The molecule has 0 bridgehead atoms. The molecule has 1 N–H and O–H groups in total. The largest absolute Gasteiger partial charge is 0.313 e. The molecular formula is C13H14FN3. The molecule has 0 aliphatic rings. The molecule has 4 heteroatoms. The Morgan fingerprint density at radius 3 is 2.82 bits per heavy atom. The Balaban J connectivity index is 2.16. The van der Waals surface area contributed by atoms with Crippen LogP contribution < -0.4 is 5.32 Å². The molecule has 0 saturated carbocycles. The molecule has 0 fully saturated rings. The summed E-state index contributed by atoms with van der Waals surface area (Å²) in [6, 6.07) is 8.68. The van der Waals surface area contributed by atoms with E-state index in [2.05, 4.69) is 15.5 Å². The summed E-state index contributed by atoms with van der Waals surface area (Å²) in [5.74, 6) is -0.204. The summed E-state index contributed by atoms with van der Waals surface area (Å²) in [6.07, 6.45) is 4.10. The smallest absolute Gasteiger partial charge is 0.123 e. The second-order valence-corrected chi connectivity index (χ2v) is 3.85. The lowest BCUT2D eigenvalue weighted by molar-refractivity contribution is 0.581. The third-order valence-corrected chi connectivity index (χ3v) is 2.69. The zero-order chi connectivity index (χ0) is 12.1. The van der Waals surface area contributed by atoms with Crippen molar-refractivity contribution in [2.45, 2.75) is 12.5 Å². The molecule has 0 spiro atoms. The first-order valence-corrected chi connectivity index (χ1v) is 5.48. The zero-order valence-corrected chi connectivity index (χ0v) is 9.60. The highest BCUT2D eigenvalue weighted by atomic mass is 19.1. The minimum absolute atomic E-state index is 0.118. The van der Waals surface area contributed by atoms with Gasteiger partial charge in [-0.15, -0.1) is 0 Å². The highest BCUT2D eigenvalue weighted by Gasteiger charge is 2.10. The molecule has 2 rings (SSSR count). The molecule has 1 aromatic carbocycles. The number of nitrogens with zero attached hydrogens (tertiary/aromatic N) is 2. The molecule has 3 nitrogen and oxygen atoms in total. The first kappa shape index (κ1) is 11.7. The predicted molar refractivity (Wildman–Crippen MR) is 63.9 cm³/mol. The van der Waals surface area contributed by atoms with Crippen molar-refractivity contribution >= 4 is 0 Å². The summed E-state index contributed by atoms with van der Waals surface area (Å²) < 4.78 is 13.1. The summed E-state index contributed by atoms with van der Waals surface area (Å²) in [4.78, 5) is 0. The minimum Gasteiger partial charge on any atom is -0.313 e. The van der Waals surface area contributed by atoms with Gasteiger partial charge in [0, 0.05) is 12.2 Å². The average Bonchev–Trinajstić information content (AvgIpc) is 2.37. The molecule has 1 heterocycles. The molecule has 0 aliphatic carbocycles. The summed E-state index contributed by atoms with van der Waals surface area (Å²) >= 11 is 0. The lowest BCUT2D eigenvalue weighted by Gasteiger charge is -2.15. The maximum atomic E-state index is 13.1. The zero-order valence-electron chi connectivity index (χ0n) is 9.60. The minimum atomic E-state index is -0.204. The van der Waals surface area contributed by atoms with Crippen LogP contribution in [0.3, 0.4) is 0 Å². The molecular weight excluding hydrogens is 217 g/mol. The van der Waals surface area contributed by atoms with Gasteiger partial charge in [0.1, 0.15) is 5.82 Å². The number of benzene rings is 1. The second-order valence-electron chi connectivity index (χ2n) is 3.85. The number of hydrogen-bond donors (Lipinski definition) is 1.